The Bertz CT molecular complexity index is 268. The zero-order chi connectivity index (χ0) is 10.6. The lowest BCUT2D eigenvalue weighted by Crippen LogP contribution is -2.12. The smallest absolute Gasteiger partial charge is 0.118 e. The molecular formula is C11H16O3. The molecule has 2 atom stereocenters. The van der Waals surface area contributed by atoms with Crippen LogP contribution in [0, 0.1) is 5.92 Å². The van der Waals surface area contributed by atoms with Crippen LogP contribution < -0.4 is 4.74 Å². The van der Waals surface area contributed by atoms with Crippen molar-refractivity contribution in [2.75, 3.05) is 13.7 Å². The van der Waals surface area contributed by atoms with Gasteiger partial charge in [0.05, 0.1) is 13.2 Å². The molecule has 0 aliphatic heterocycles. The maximum Gasteiger partial charge on any atom is 0.118 e. The molecule has 0 heterocycles. The van der Waals surface area contributed by atoms with Gasteiger partial charge in [0.15, 0.2) is 0 Å². The second-order valence-electron chi connectivity index (χ2n) is 3.38. The first-order valence-corrected chi connectivity index (χ1v) is 4.62. The second kappa shape index (κ2) is 4.98. The first kappa shape index (κ1) is 11.0. The first-order valence-electron chi connectivity index (χ1n) is 4.62. The first-order chi connectivity index (χ1) is 6.69. The molecule has 2 N–H and O–H groups in total. The van der Waals surface area contributed by atoms with E-state index in [-0.39, 0.29) is 12.5 Å². The summed E-state index contributed by atoms with van der Waals surface area (Å²) in [5.41, 5.74) is 0.798. The van der Waals surface area contributed by atoms with Gasteiger partial charge in [0, 0.05) is 12.5 Å². The predicted octanol–water partition coefficient (Wildman–Crippen LogP) is 1.36. The minimum atomic E-state index is -0.620. The third-order valence-electron chi connectivity index (χ3n) is 2.28. The van der Waals surface area contributed by atoms with Crippen molar-refractivity contribution in [3.63, 3.8) is 0 Å². The Morgan fingerprint density at radius 1 is 1.29 bits per heavy atom. The molecule has 0 aliphatic rings. The molecule has 0 spiro atoms. The number of aliphatic hydroxyl groups excluding tert-OH is 2. The highest BCUT2D eigenvalue weighted by Gasteiger charge is 2.14. The summed E-state index contributed by atoms with van der Waals surface area (Å²) in [5, 5.41) is 18.6. The van der Waals surface area contributed by atoms with Gasteiger partial charge in [-0.1, -0.05) is 19.1 Å². The molecule has 1 aromatic rings. The second-order valence-corrected chi connectivity index (χ2v) is 3.38. The van der Waals surface area contributed by atoms with Gasteiger partial charge < -0.3 is 14.9 Å². The summed E-state index contributed by atoms with van der Waals surface area (Å²) in [5.74, 6) is 0.612. The summed E-state index contributed by atoms with van der Waals surface area (Å²) < 4.78 is 5.00. The van der Waals surface area contributed by atoms with Crippen LogP contribution in [-0.2, 0) is 0 Å². The number of ether oxygens (including phenoxy) is 1. The van der Waals surface area contributed by atoms with Crippen LogP contribution in [0.1, 0.15) is 18.6 Å². The average molecular weight is 196 g/mol. The van der Waals surface area contributed by atoms with Crippen molar-refractivity contribution in [3.8, 4) is 5.75 Å². The number of methoxy groups -OCH3 is 1. The number of hydrogen-bond acceptors (Lipinski definition) is 3. The van der Waals surface area contributed by atoms with E-state index < -0.39 is 6.10 Å². The molecule has 0 aromatic heterocycles. The number of aliphatic hydroxyl groups is 2. The van der Waals surface area contributed by atoms with E-state index in [4.69, 9.17) is 9.84 Å². The fourth-order valence-electron chi connectivity index (χ4n) is 1.23. The SMILES string of the molecule is COc1ccc(C(O)C(C)CO)cc1. The molecule has 0 radical (unpaired) electrons. The molecule has 1 rings (SSSR count). The fourth-order valence-corrected chi connectivity index (χ4v) is 1.23. The number of rotatable bonds is 4. The van der Waals surface area contributed by atoms with Crippen molar-refractivity contribution in [1.82, 2.24) is 0 Å². The molecule has 0 fully saturated rings. The predicted molar refractivity (Wildman–Crippen MR) is 54.2 cm³/mol. The van der Waals surface area contributed by atoms with E-state index in [0.717, 1.165) is 11.3 Å². The van der Waals surface area contributed by atoms with Gasteiger partial charge in [-0.25, -0.2) is 0 Å². The van der Waals surface area contributed by atoms with E-state index in [1.807, 2.05) is 0 Å². The van der Waals surface area contributed by atoms with Gasteiger partial charge in [-0.3, -0.25) is 0 Å². The van der Waals surface area contributed by atoms with Crippen molar-refractivity contribution in [3.05, 3.63) is 29.8 Å². The Hall–Kier alpha value is -1.06. The largest absolute Gasteiger partial charge is 0.497 e. The van der Waals surface area contributed by atoms with E-state index in [9.17, 15) is 5.11 Å². The van der Waals surface area contributed by atoms with E-state index in [0.29, 0.717) is 0 Å². The van der Waals surface area contributed by atoms with Crippen LogP contribution in [0.4, 0.5) is 0 Å². The van der Waals surface area contributed by atoms with E-state index in [1.165, 1.54) is 0 Å². The third kappa shape index (κ3) is 2.47. The highest BCUT2D eigenvalue weighted by molar-refractivity contribution is 5.28. The molecular weight excluding hydrogens is 180 g/mol. The molecule has 14 heavy (non-hydrogen) atoms. The van der Waals surface area contributed by atoms with Gasteiger partial charge in [-0.2, -0.15) is 0 Å². The van der Waals surface area contributed by atoms with Crippen molar-refractivity contribution in [1.29, 1.82) is 0 Å². The van der Waals surface area contributed by atoms with Crippen LogP contribution in [0.2, 0.25) is 0 Å². The topological polar surface area (TPSA) is 49.7 Å². The van der Waals surface area contributed by atoms with E-state index in [2.05, 4.69) is 0 Å². The molecule has 3 nitrogen and oxygen atoms in total. The summed E-state index contributed by atoms with van der Waals surface area (Å²) in [6, 6.07) is 7.19. The lowest BCUT2D eigenvalue weighted by Gasteiger charge is -2.16. The molecule has 1 aromatic carbocycles. The normalized spacial score (nSPS) is 14.9. The minimum absolute atomic E-state index is 0.0206. The van der Waals surface area contributed by atoms with Crippen LogP contribution in [0.3, 0.4) is 0 Å². The molecule has 0 aliphatic carbocycles. The van der Waals surface area contributed by atoms with E-state index in [1.54, 1.807) is 38.3 Å². The van der Waals surface area contributed by atoms with Crippen LogP contribution in [0.15, 0.2) is 24.3 Å². The van der Waals surface area contributed by atoms with Crippen molar-refractivity contribution >= 4 is 0 Å². The Labute approximate surface area is 84.0 Å². The number of hydrogen-bond donors (Lipinski definition) is 2. The van der Waals surface area contributed by atoms with Crippen LogP contribution in [0.25, 0.3) is 0 Å². The standard InChI is InChI=1S/C11H16O3/c1-8(7-12)11(13)9-3-5-10(14-2)6-4-9/h3-6,8,11-13H,7H2,1-2H3. The Balaban J connectivity index is 2.75. The summed E-state index contributed by atoms with van der Waals surface area (Å²) in [4.78, 5) is 0. The molecule has 2 unspecified atom stereocenters. The maximum atomic E-state index is 9.75. The van der Waals surface area contributed by atoms with Crippen molar-refractivity contribution in [2.45, 2.75) is 13.0 Å². The number of benzene rings is 1. The highest BCUT2D eigenvalue weighted by Crippen LogP contribution is 2.23. The summed E-state index contributed by atoms with van der Waals surface area (Å²) in [6.07, 6.45) is -0.620. The molecule has 0 amide bonds. The van der Waals surface area contributed by atoms with Crippen LogP contribution >= 0.6 is 0 Å². The monoisotopic (exact) mass is 196 g/mol. The van der Waals surface area contributed by atoms with Gasteiger partial charge in [0.25, 0.3) is 0 Å². The molecule has 0 saturated heterocycles. The fraction of sp³-hybridized carbons (Fsp3) is 0.455. The summed E-state index contributed by atoms with van der Waals surface area (Å²) >= 11 is 0. The van der Waals surface area contributed by atoms with Gasteiger partial charge in [-0.05, 0) is 17.7 Å². The van der Waals surface area contributed by atoms with Gasteiger partial charge >= 0.3 is 0 Å². The minimum Gasteiger partial charge on any atom is -0.497 e. The zero-order valence-electron chi connectivity index (χ0n) is 8.47. The summed E-state index contributed by atoms with van der Waals surface area (Å²) in [7, 11) is 1.60. The molecule has 78 valence electrons. The van der Waals surface area contributed by atoms with Gasteiger partial charge in [-0.15, -0.1) is 0 Å². The quantitative estimate of drug-likeness (QED) is 0.764. The van der Waals surface area contributed by atoms with Crippen LogP contribution in [-0.4, -0.2) is 23.9 Å². The zero-order valence-corrected chi connectivity index (χ0v) is 8.47. The Morgan fingerprint density at radius 3 is 2.29 bits per heavy atom. The van der Waals surface area contributed by atoms with Crippen LogP contribution in [0.5, 0.6) is 5.75 Å². The van der Waals surface area contributed by atoms with Crippen molar-refractivity contribution in [2.24, 2.45) is 5.92 Å². The van der Waals surface area contributed by atoms with Gasteiger partial charge in [0.2, 0.25) is 0 Å². The van der Waals surface area contributed by atoms with Gasteiger partial charge in [0.1, 0.15) is 5.75 Å². The average Bonchev–Trinajstić information content (AvgIpc) is 2.27. The molecule has 0 saturated carbocycles. The lowest BCUT2D eigenvalue weighted by molar-refractivity contribution is 0.0770. The van der Waals surface area contributed by atoms with E-state index >= 15 is 0 Å². The Kier molecular flexibility index (Phi) is 3.92. The lowest BCUT2D eigenvalue weighted by atomic mass is 9.98. The Morgan fingerprint density at radius 2 is 1.86 bits per heavy atom. The summed E-state index contributed by atoms with van der Waals surface area (Å²) in [6.45, 7) is 1.78. The molecule has 3 heteroatoms. The third-order valence-corrected chi connectivity index (χ3v) is 2.28. The molecule has 0 bridgehead atoms. The maximum absolute atomic E-state index is 9.75. The van der Waals surface area contributed by atoms with Crippen molar-refractivity contribution < 1.29 is 14.9 Å². The highest BCUT2D eigenvalue weighted by atomic mass is 16.5.